The van der Waals surface area contributed by atoms with E-state index in [1.54, 1.807) is 13.0 Å². The van der Waals surface area contributed by atoms with Gasteiger partial charge < -0.3 is 10.1 Å². The lowest BCUT2D eigenvalue weighted by molar-refractivity contribution is -0.130. The van der Waals surface area contributed by atoms with Crippen LogP contribution in [0.4, 0.5) is 0 Å². The second-order valence-corrected chi connectivity index (χ2v) is 8.19. The Morgan fingerprint density at radius 3 is 2.69 bits per heavy atom. The molecular formula is C18H26N2O5S. The maximum absolute atomic E-state index is 13.0. The molecule has 0 saturated carbocycles. The Kier molecular flexibility index (Phi) is 6.63. The van der Waals surface area contributed by atoms with Crippen LogP contribution in [-0.4, -0.2) is 44.2 Å². The van der Waals surface area contributed by atoms with E-state index in [1.807, 2.05) is 0 Å². The first-order valence-corrected chi connectivity index (χ1v) is 10.3. The number of amides is 2. The number of sulfonamides is 1. The van der Waals surface area contributed by atoms with Gasteiger partial charge in [-0.15, -0.1) is 0 Å². The van der Waals surface area contributed by atoms with Gasteiger partial charge in [0.1, 0.15) is 11.8 Å². The summed E-state index contributed by atoms with van der Waals surface area (Å²) in [6, 6.07) is 3.40. The highest BCUT2D eigenvalue weighted by Crippen LogP contribution is 2.29. The lowest BCUT2D eigenvalue weighted by Gasteiger charge is -2.24. The van der Waals surface area contributed by atoms with Gasteiger partial charge in [-0.3, -0.25) is 9.59 Å². The largest absolute Gasteiger partial charge is 0.496 e. The topological polar surface area (TPSA) is 92.8 Å². The molecule has 0 spiro atoms. The quantitative estimate of drug-likeness (QED) is 0.694. The molecule has 1 heterocycles. The van der Waals surface area contributed by atoms with Gasteiger partial charge in [0.25, 0.3) is 10.0 Å². The molecule has 8 heteroatoms. The molecule has 2 amide bonds. The van der Waals surface area contributed by atoms with Crippen LogP contribution in [0.1, 0.15) is 44.6 Å². The lowest BCUT2D eigenvalue weighted by Crippen LogP contribution is -2.47. The third-order valence-corrected chi connectivity index (χ3v) is 6.29. The third kappa shape index (κ3) is 4.17. The van der Waals surface area contributed by atoms with Crippen LogP contribution < -0.4 is 10.1 Å². The van der Waals surface area contributed by atoms with Crippen molar-refractivity contribution >= 4 is 21.8 Å². The number of nitrogens with one attached hydrogen (secondary N) is 1. The summed E-state index contributed by atoms with van der Waals surface area (Å²) in [5.41, 5.74) is 0.640. The first-order chi connectivity index (χ1) is 12.3. The van der Waals surface area contributed by atoms with E-state index in [9.17, 15) is 18.0 Å². The van der Waals surface area contributed by atoms with Crippen LogP contribution in [0, 0.1) is 6.92 Å². The van der Waals surface area contributed by atoms with Crippen LogP contribution >= 0.6 is 0 Å². The molecule has 144 valence electrons. The van der Waals surface area contributed by atoms with Crippen molar-refractivity contribution in [1.82, 2.24) is 9.62 Å². The molecule has 0 bridgehead atoms. The molecule has 1 saturated heterocycles. The number of methoxy groups -OCH3 is 1. The molecule has 0 unspecified atom stereocenters. The van der Waals surface area contributed by atoms with Crippen LogP contribution in [0.2, 0.25) is 0 Å². The van der Waals surface area contributed by atoms with Gasteiger partial charge in [-0.25, -0.2) is 12.7 Å². The molecule has 0 aliphatic carbocycles. The van der Waals surface area contributed by atoms with Gasteiger partial charge in [-0.05, 0) is 43.5 Å². The molecule has 1 aromatic carbocycles. The standard InChI is InChI=1S/C18H26N2O5S/c1-4-5-6-11-19-18(22)15-8-10-17(21)20(15)26(23,24)14-7-9-16(25-3)13(2)12-14/h7,9,12,15H,4-6,8,10-11H2,1-3H3,(H,19,22)/t15-/m0/s1. The van der Waals surface area contributed by atoms with E-state index in [-0.39, 0.29) is 17.7 Å². The molecule has 7 nitrogen and oxygen atoms in total. The summed E-state index contributed by atoms with van der Waals surface area (Å²) in [6.07, 6.45) is 3.08. The fourth-order valence-corrected chi connectivity index (χ4v) is 4.72. The highest BCUT2D eigenvalue weighted by Gasteiger charge is 2.44. The second-order valence-electron chi connectivity index (χ2n) is 6.38. The normalized spacial score (nSPS) is 17.4. The summed E-state index contributed by atoms with van der Waals surface area (Å²) in [4.78, 5) is 24.6. The zero-order valence-corrected chi connectivity index (χ0v) is 16.3. The van der Waals surface area contributed by atoms with Gasteiger partial charge in [-0.2, -0.15) is 0 Å². The average molecular weight is 382 g/mol. The number of nitrogens with zero attached hydrogens (tertiary/aromatic N) is 1. The van der Waals surface area contributed by atoms with Crippen LogP contribution in [0.5, 0.6) is 5.75 Å². The number of hydrogen-bond donors (Lipinski definition) is 1. The van der Waals surface area contributed by atoms with Gasteiger partial charge in [0.15, 0.2) is 0 Å². The number of hydrogen-bond acceptors (Lipinski definition) is 5. The number of benzene rings is 1. The van der Waals surface area contributed by atoms with Gasteiger partial charge >= 0.3 is 0 Å². The highest BCUT2D eigenvalue weighted by atomic mass is 32.2. The first-order valence-electron chi connectivity index (χ1n) is 8.82. The Labute approximate surface area is 154 Å². The van der Waals surface area contributed by atoms with Gasteiger partial charge in [0.05, 0.1) is 12.0 Å². The predicted molar refractivity (Wildman–Crippen MR) is 97.3 cm³/mol. The Morgan fingerprint density at radius 2 is 2.08 bits per heavy atom. The molecule has 1 aliphatic rings. The summed E-state index contributed by atoms with van der Waals surface area (Å²) in [5, 5.41) is 2.75. The Morgan fingerprint density at radius 1 is 1.35 bits per heavy atom. The number of carbonyl (C=O) groups excluding carboxylic acids is 2. The molecule has 1 N–H and O–H groups in total. The van der Waals surface area contributed by atoms with Crippen LogP contribution in [0.15, 0.2) is 23.1 Å². The van der Waals surface area contributed by atoms with Crippen LogP contribution in [0.3, 0.4) is 0 Å². The van der Waals surface area contributed by atoms with E-state index in [0.29, 0.717) is 17.9 Å². The smallest absolute Gasteiger partial charge is 0.267 e. The maximum atomic E-state index is 13.0. The first kappa shape index (κ1) is 20.2. The van der Waals surface area contributed by atoms with Gasteiger partial charge in [-0.1, -0.05) is 19.8 Å². The van der Waals surface area contributed by atoms with Crippen molar-refractivity contribution < 1.29 is 22.7 Å². The molecule has 1 aromatic rings. The van der Waals surface area contributed by atoms with E-state index < -0.39 is 27.9 Å². The van der Waals surface area contributed by atoms with Crippen molar-refractivity contribution in [2.24, 2.45) is 0 Å². The Hall–Kier alpha value is -2.09. The van der Waals surface area contributed by atoms with Crippen molar-refractivity contribution in [1.29, 1.82) is 0 Å². The van der Waals surface area contributed by atoms with Gasteiger partial charge in [0.2, 0.25) is 11.8 Å². The maximum Gasteiger partial charge on any atom is 0.267 e. The monoisotopic (exact) mass is 382 g/mol. The SMILES string of the molecule is CCCCCNC(=O)[C@@H]1CCC(=O)N1S(=O)(=O)c1ccc(OC)c(C)c1. The van der Waals surface area contributed by atoms with E-state index >= 15 is 0 Å². The zero-order chi connectivity index (χ0) is 19.3. The fourth-order valence-electron chi connectivity index (χ4n) is 3.03. The van der Waals surface area contributed by atoms with Gasteiger partial charge in [0, 0.05) is 13.0 Å². The van der Waals surface area contributed by atoms with Crippen molar-refractivity contribution in [2.45, 2.75) is 56.9 Å². The summed E-state index contributed by atoms with van der Waals surface area (Å²) in [5.74, 6) is -0.408. The molecular weight excluding hydrogens is 356 g/mol. The van der Waals surface area contributed by atoms with E-state index in [2.05, 4.69) is 12.2 Å². The van der Waals surface area contributed by atoms with Crippen molar-refractivity contribution in [3.63, 3.8) is 0 Å². The summed E-state index contributed by atoms with van der Waals surface area (Å²) in [7, 11) is -2.60. The number of aryl methyl sites for hydroxylation is 1. The van der Waals surface area contributed by atoms with E-state index in [1.165, 1.54) is 19.2 Å². The number of ether oxygens (including phenoxy) is 1. The van der Waals surface area contributed by atoms with E-state index in [0.717, 1.165) is 23.6 Å². The highest BCUT2D eigenvalue weighted by molar-refractivity contribution is 7.89. The molecule has 1 fully saturated rings. The Bertz CT molecular complexity index is 776. The van der Waals surface area contributed by atoms with Crippen LogP contribution in [0.25, 0.3) is 0 Å². The van der Waals surface area contributed by atoms with Crippen molar-refractivity contribution in [3.8, 4) is 5.75 Å². The minimum atomic E-state index is -4.10. The number of carbonyl (C=O) groups is 2. The Balaban J connectivity index is 2.23. The predicted octanol–water partition coefficient (Wildman–Crippen LogP) is 1.99. The second kappa shape index (κ2) is 8.53. The molecule has 0 radical (unpaired) electrons. The van der Waals surface area contributed by atoms with Crippen LogP contribution in [-0.2, 0) is 19.6 Å². The molecule has 0 aromatic heterocycles. The zero-order valence-electron chi connectivity index (χ0n) is 15.4. The number of unbranched alkanes of at least 4 members (excludes halogenated alkanes) is 2. The summed E-state index contributed by atoms with van der Waals surface area (Å²) >= 11 is 0. The summed E-state index contributed by atoms with van der Waals surface area (Å²) < 4.78 is 31.8. The summed E-state index contributed by atoms with van der Waals surface area (Å²) in [6.45, 7) is 4.26. The lowest BCUT2D eigenvalue weighted by atomic mass is 10.2. The van der Waals surface area contributed by atoms with Crippen molar-refractivity contribution in [2.75, 3.05) is 13.7 Å². The minimum absolute atomic E-state index is 0.0187. The number of rotatable bonds is 8. The molecule has 26 heavy (non-hydrogen) atoms. The van der Waals surface area contributed by atoms with Crippen molar-refractivity contribution in [3.05, 3.63) is 23.8 Å². The fraction of sp³-hybridized carbons (Fsp3) is 0.556. The average Bonchev–Trinajstić information content (AvgIpc) is 3.01. The minimum Gasteiger partial charge on any atom is -0.496 e. The van der Waals surface area contributed by atoms with E-state index in [4.69, 9.17) is 4.74 Å². The molecule has 2 rings (SSSR count). The molecule has 1 aliphatic heterocycles. The molecule has 1 atom stereocenters. The third-order valence-electron chi connectivity index (χ3n) is 4.47.